The first-order chi connectivity index (χ1) is 29.9. The van der Waals surface area contributed by atoms with Gasteiger partial charge in [0.15, 0.2) is 0 Å². The number of carbonyl (C=O) groups is 1. The molecule has 0 saturated carbocycles. The lowest BCUT2D eigenvalue weighted by Gasteiger charge is -2.34. The maximum atomic E-state index is 11.5. The largest absolute Gasteiger partial charge is 0.508 e. The van der Waals surface area contributed by atoms with Crippen molar-refractivity contribution >= 4 is 18.1 Å². The third-order valence-corrected chi connectivity index (χ3v) is 14.7. The Kier molecular flexibility index (Phi) is 18.1. The van der Waals surface area contributed by atoms with E-state index in [1.165, 1.54) is 33.4 Å². The van der Waals surface area contributed by atoms with Crippen LogP contribution in [0.3, 0.4) is 0 Å². The maximum absolute atomic E-state index is 11.5. The van der Waals surface area contributed by atoms with Crippen LogP contribution < -0.4 is 10.1 Å². The summed E-state index contributed by atoms with van der Waals surface area (Å²) in [4.78, 5) is 11.5. The number of aromatic hydroxyl groups is 1. The number of phenols is 1. The molecule has 4 aromatic carbocycles. The fraction of sp³-hybridized carbons (Fsp3) is 0.491. The van der Waals surface area contributed by atoms with Crippen molar-refractivity contribution in [3.05, 3.63) is 141 Å². The van der Waals surface area contributed by atoms with Crippen LogP contribution in [0.5, 0.6) is 11.5 Å². The summed E-state index contributed by atoms with van der Waals surface area (Å²) in [7, 11) is 0. The Morgan fingerprint density at radius 2 is 0.968 bits per heavy atom. The van der Waals surface area contributed by atoms with E-state index in [1.54, 1.807) is 0 Å². The zero-order valence-electron chi connectivity index (χ0n) is 40.8. The standard InChI is InChI=1S/C31H43NO3.C26H36O2/c1-7-30(34,8-2)18-17-24-11-12-25(19-22(24)5)31(9-3,10-4)26-13-15-28(23(6)20-26)35-21-27-14-16-29(33)32-27;1-7-25(28,8-2)16-15-21-11-12-22(17-19(21)5)26(9-3,10-4)23-13-14-24(27)20(6)18-23/h11-13,15,17-20,27,34H,7-10,14,16,21H2,1-6H3,(H,32,33);11-18,27-28H,7-10H2,1-6H3/b18-17+;16-15+/t27-;/m0./s1. The van der Waals surface area contributed by atoms with Crippen molar-refractivity contribution < 1.29 is 24.9 Å². The van der Waals surface area contributed by atoms with Gasteiger partial charge >= 0.3 is 0 Å². The molecule has 63 heavy (non-hydrogen) atoms. The summed E-state index contributed by atoms with van der Waals surface area (Å²) < 4.78 is 6.07. The van der Waals surface area contributed by atoms with Gasteiger partial charge in [-0.3, -0.25) is 4.79 Å². The lowest BCUT2D eigenvalue weighted by Crippen LogP contribution is -2.31. The average Bonchev–Trinajstić information content (AvgIpc) is 3.72. The minimum Gasteiger partial charge on any atom is -0.508 e. The topological polar surface area (TPSA) is 99.0 Å². The van der Waals surface area contributed by atoms with Gasteiger partial charge in [0.05, 0.1) is 17.2 Å². The number of amides is 1. The number of phenolic OH excluding ortho intramolecular Hbond substituents is 1. The highest BCUT2D eigenvalue weighted by Gasteiger charge is 2.33. The van der Waals surface area contributed by atoms with Crippen LogP contribution in [0.1, 0.15) is 175 Å². The number of hydrogen-bond donors (Lipinski definition) is 4. The number of aryl methyl sites for hydroxylation is 4. The summed E-state index contributed by atoms with van der Waals surface area (Å²) >= 11 is 0. The summed E-state index contributed by atoms with van der Waals surface area (Å²) in [6, 6.07) is 26.1. The van der Waals surface area contributed by atoms with Crippen molar-refractivity contribution in [1.82, 2.24) is 5.32 Å². The van der Waals surface area contributed by atoms with Crippen LogP contribution in [-0.2, 0) is 15.6 Å². The van der Waals surface area contributed by atoms with Gasteiger partial charge in [0.2, 0.25) is 5.91 Å². The van der Waals surface area contributed by atoms with E-state index in [2.05, 4.69) is 133 Å². The fourth-order valence-corrected chi connectivity index (χ4v) is 9.30. The SMILES string of the molecule is CCC(O)(/C=C/c1ccc(C(CC)(CC)c2ccc(O)c(C)c2)cc1C)CC.CCC(O)(/C=C/c1ccc(C(CC)(CC)c2ccc(OC[C@@H]3CCC(=O)N3)c(C)c2)cc1C)CC. The highest BCUT2D eigenvalue weighted by molar-refractivity contribution is 5.78. The molecule has 5 rings (SSSR count). The molecular weight excluding hydrogens is 779 g/mol. The van der Waals surface area contributed by atoms with Gasteiger partial charge in [0, 0.05) is 17.3 Å². The van der Waals surface area contributed by atoms with Crippen molar-refractivity contribution in [1.29, 1.82) is 0 Å². The van der Waals surface area contributed by atoms with Gasteiger partial charge in [-0.1, -0.05) is 140 Å². The van der Waals surface area contributed by atoms with Crippen molar-refractivity contribution in [2.75, 3.05) is 6.61 Å². The number of nitrogens with one attached hydrogen (secondary N) is 1. The Labute approximate surface area is 380 Å². The van der Waals surface area contributed by atoms with Crippen LogP contribution in [0.4, 0.5) is 0 Å². The summed E-state index contributed by atoms with van der Waals surface area (Å²) in [6.45, 7) is 25.9. The fourth-order valence-electron chi connectivity index (χ4n) is 9.30. The van der Waals surface area contributed by atoms with E-state index in [1.807, 2.05) is 52.8 Å². The Morgan fingerprint density at radius 3 is 1.32 bits per heavy atom. The van der Waals surface area contributed by atoms with Crippen LogP contribution in [0, 0.1) is 27.7 Å². The van der Waals surface area contributed by atoms with Gasteiger partial charge in [-0.2, -0.15) is 0 Å². The minimum atomic E-state index is -0.744. The smallest absolute Gasteiger partial charge is 0.220 e. The Hall–Kier alpha value is -4.65. The quantitative estimate of drug-likeness (QED) is 0.0753. The molecule has 1 aliphatic rings. The van der Waals surface area contributed by atoms with E-state index in [9.17, 15) is 20.1 Å². The Bertz CT molecular complexity index is 2180. The molecular formula is C57H79NO5. The highest BCUT2D eigenvalue weighted by Crippen LogP contribution is 2.42. The molecule has 0 spiro atoms. The highest BCUT2D eigenvalue weighted by atomic mass is 16.5. The van der Waals surface area contributed by atoms with Gasteiger partial charge in [-0.15, -0.1) is 0 Å². The van der Waals surface area contributed by atoms with Crippen molar-refractivity contribution in [3.8, 4) is 11.5 Å². The van der Waals surface area contributed by atoms with Crippen molar-refractivity contribution in [2.45, 2.75) is 175 Å². The molecule has 6 heteroatoms. The van der Waals surface area contributed by atoms with E-state index >= 15 is 0 Å². The molecule has 0 bridgehead atoms. The lowest BCUT2D eigenvalue weighted by atomic mass is 9.70. The minimum absolute atomic E-state index is 0.0704. The molecule has 0 unspecified atom stereocenters. The van der Waals surface area contributed by atoms with Gasteiger partial charge in [-0.25, -0.2) is 0 Å². The van der Waals surface area contributed by atoms with Gasteiger partial charge in [0.25, 0.3) is 0 Å². The zero-order valence-corrected chi connectivity index (χ0v) is 40.8. The second-order valence-electron chi connectivity index (χ2n) is 18.1. The molecule has 1 heterocycles. The summed E-state index contributed by atoms with van der Waals surface area (Å²) in [6.07, 6.45) is 16.3. The molecule has 4 aromatic rings. The molecule has 0 radical (unpaired) electrons. The van der Waals surface area contributed by atoms with Crippen molar-refractivity contribution in [3.63, 3.8) is 0 Å². The predicted molar refractivity (Wildman–Crippen MR) is 265 cm³/mol. The van der Waals surface area contributed by atoms with Gasteiger partial charge in [0.1, 0.15) is 18.1 Å². The van der Waals surface area contributed by atoms with Gasteiger partial charge < -0.3 is 25.4 Å². The molecule has 0 aliphatic carbocycles. The van der Waals surface area contributed by atoms with Crippen LogP contribution in [0.2, 0.25) is 0 Å². The summed E-state index contributed by atoms with van der Waals surface area (Å²) in [5, 5.41) is 34.1. The lowest BCUT2D eigenvalue weighted by molar-refractivity contribution is -0.119. The zero-order chi connectivity index (χ0) is 46.6. The molecule has 1 amide bonds. The van der Waals surface area contributed by atoms with E-state index < -0.39 is 11.2 Å². The number of benzene rings is 4. The second kappa shape index (κ2) is 22.3. The van der Waals surface area contributed by atoms with Crippen LogP contribution in [0.25, 0.3) is 12.2 Å². The number of rotatable bonds is 19. The molecule has 1 saturated heterocycles. The summed E-state index contributed by atoms with van der Waals surface area (Å²) in [5.41, 5.74) is 10.3. The molecule has 1 aliphatic heterocycles. The van der Waals surface area contributed by atoms with Gasteiger partial charge in [-0.05, 0) is 153 Å². The number of hydrogen-bond acceptors (Lipinski definition) is 5. The van der Waals surface area contributed by atoms with Crippen LogP contribution >= 0.6 is 0 Å². The molecule has 6 nitrogen and oxygen atoms in total. The summed E-state index contributed by atoms with van der Waals surface area (Å²) in [5.74, 6) is 1.34. The number of carbonyl (C=O) groups excluding carboxylic acids is 1. The third-order valence-electron chi connectivity index (χ3n) is 14.7. The average molecular weight is 858 g/mol. The van der Waals surface area contributed by atoms with Crippen LogP contribution in [0.15, 0.2) is 84.9 Å². The number of aliphatic hydroxyl groups is 2. The first-order valence-electron chi connectivity index (χ1n) is 23.8. The second-order valence-corrected chi connectivity index (χ2v) is 18.1. The molecule has 0 aromatic heterocycles. The Morgan fingerprint density at radius 1 is 0.571 bits per heavy atom. The van der Waals surface area contributed by atoms with Crippen molar-refractivity contribution in [2.24, 2.45) is 0 Å². The van der Waals surface area contributed by atoms with E-state index in [0.29, 0.717) is 44.5 Å². The molecule has 4 N–H and O–H groups in total. The van der Waals surface area contributed by atoms with Crippen LogP contribution in [-0.4, -0.2) is 45.1 Å². The maximum Gasteiger partial charge on any atom is 0.220 e. The first-order valence-corrected chi connectivity index (χ1v) is 23.8. The molecule has 1 atom stereocenters. The molecule has 1 fully saturated rings. The van der Waals surface area contributed by atoms with E-state index in [-0.39, 0.29) is 22.8 Å². The van der Waals surface area contributed by atoms with E-state index in [4.69, 9.17) is 4.74 Å². The van der Waals surface area contributed by atoms with E-state index in [0.717, 1.165) is 60.1 Å². The first kappa shape index (κ1) is 51.0. The monoisotopic (exact) mass is 858 g/mol. The molecule has 342 valence electrons. The Balaban J connectivity index is 0.000000284. The predicted octanol–water partition coefficient (Wildman–Crippen LogP) is 13.3. The normalized spacial score (nSPS) is 14.9. The number of ether oxygens (including phenoxy) is 1. The third kappa shape index (κ3) is 11.9.